The monoisotopic (exact) mass is 395 g/mol. The fraction of sp³-hybridized carbons (Fsp3) is 1.00. The second kappa shape index (κ2) is 6.51. The summed E-state index contributed by atoms with van der Waals surface area (Å²) in [5.41, 5.74) is 0. The van der Waals surface area contributed by atoms with Gasteiger partial charge in [0.1, 0.15) is 0 Å². The van der Waals surface area contributed by atoms with Crippen molar-refractivity contribution in [3.63, 3.8) is 0 Å². The van der Waals surface area contributed by atoms with E-state index in [0.717, 1.165) is 0 Å². The molecular weight excluding hydrogens is 389 g/mol. The Balaban J connectivity index is 0. The summed E-state index contributed by atoms with van der Waals surface area (Å²) in [4.78, 5) is 0. The van der Waals surface area contributed by atoms with Crippen LogP contribution in [0.3, 0.4) is 0 Å². The fourth-order valence-corrected chi connectivity index (χ4v) is 0. The average Bonchev–Trinajstić information content (AvgIpc) is 1.19. The molecule has 6 heteroatoms. The second-order valence-electron chi connectivity index (χ2n) is 1.36. The molecule has 9 heavy (non-hydrogen) atoms. The van der Waals surface area contributed by atoms with Crippen LogP contribution in [0.2, 0.25) is 0 Å². The van der Waals surface area contributed by atoms with E-state index < -0.39 is 11.9 Å². The van der Waals surface area contributed by atoms with Crippen LogP contribution in [0, 0.1) is 0 Å². The Bertz CT molecular complexity index is 52.6. The summed E-state index contributed by atoms with van der Waals surface area (Å²) in [6.07, 6.45) is -0.167. The van der Waals surface area contributed by atoms with Crippen molar-refractivity contribution in [3.8, 4) is 0 Å². The van der Waals surface area contributed by atoms with Gasteiger partial charge in [0, 0.05) is 6.10 Å². The van der Waals surface area contributed by atoms with E-state index in [1.807, 2.05) is 0 Å². The zero-order valence-corrected chi connectivity index (χ0v) is 10.1. The van der Waals surface area contributed by atoms with E-state index in [1.54, 1.807) is 13.8 Å². The Morgan fingerprint density at radius 2 is 1.11 bits per heavy atom. The third-order valence-corrected chi connectivity index (χ3v) is 0. The molecule has 0 radical (unpaired) electrons. The van der Waals surface area contributed by atoms with Gasteiger partial charge >= 0.3 is 49.6 Å². The Hall–Kier alpha value is 1.81. The maximum atomic E-state index is 8.06. The molecule has 64 valence electrons. The van der Waals surface area contributed by atoms with Crippen LogP contribution in [-0.2, 0) is 11.9 Å². The number of halogens is 4. The molecule has 0 rings (SSSR count). The van der Waals surface area contributed by atoms with Crippen molar-refractivity contribution in [3.05, 3.63) is 0 Å². The van der Waals surface area contributed by atoms with Gasteiger partial charge < -0.3 is 5.11 Å². The molecule has 0 atom stereocenters. The summed E-state index contributed by atoms with van der Waals surface area (Å²) in [5.74, 6) is 0. The summed E-state index contributed by atoms with van der Waals surface area (Å²) in [6.45, 7) is 3.44. The average molecular weight is 397 g/mol. The third kappa shape index (κ3) is 183. The van der Waals surface area contributed by atoms with Crippen LogP contribution in [0.1, 0.15) is 13.8 Å². The molecule has 0 unspecified atom stereocenters. The topological polar surface area (TPSA) is 20.2 Å². The van der Waals surface area contributed by atoms with Gasteiger partial charge in [-0.25, -0.2) is 0 Å². The van der Waals surface area contributed by atoms with Gasteiger partial charge in [-0.15, -0.1) is 0 Å². The molecule has 0 fully saturated rings. The number of hydrogen-bond acceptors (Lipinski definition) is 1. The van der Waals surface area contributed by atoms with E-state index in [-0.39, 0.29) is 6.10 Å². The molecule has 0 amide bonds. The predicted octanol–water partition coefficient (Wildman–Crippen LogP) is 3.14. The maximum absolute atomic E-state index is 8.06. The van der Waals surface area contributed by atoms with Crippen molar-refractivity contribution in [2.45, 2.75) is 20.0 Å². The van der Waals surface area contributed by atoms with Crippen LogP contribution in [0.15, 0.2) is 0 Å². The van der Waals surface area contributed by atoms with Crippen LogP contribution in [0.25, 0.3) is 0 Å². The van der Waals surface area contributed by atoms with E-state index in [9.17, 15) is 0 Å². The molecule has 0 bridgehead atoms. The molecule has 0 heterocycles. The molecule has 0 saturated carbocycles. The summed E-state index contributed by atoms with van der Waals surface area (Å²) in [7, 11) is 20.0. The van der Waals surface area contributed by atoms with E-state index in [2.05, 4.69) is 0 Å². The third-order valence-electron chi connectivity index (χ3n) is 0. The fourth-order valence-electron chi connectivity index (χ4n) is 0. The number of hydrogen-bond donors (Lipinski definition) is 1. The second-order valence-corrected chi connectivity index (χ2v) is 21.1. The first-order valence-electron chi connectivity index (χ1n) is 1.89. The van der Waals surface area contributed by atoms with Gasteiger partial charge in [0.05, 0.1) is 0 Å². The number of rotatable bonds is 0. The quantitative estimate of drug-likeness (QED) is 0.667. The molecule has 0 spiro atoms. The van der Waals surface area contributed by atoms with E-state index in [0.29, 0.717) is 0 Å². The van der Waals surface area contributed by atoms with Crippen LogP contribution in [0.4, 0.5) is 0 Å². The van der Waals surface area contributed by atoms with Crippen molar-refractivity contribution < 1.29 is 17.0 Å². The van der Waals surface area contributed by atoms with Gasteiger partial charge in [0.2, 0.25) is 0 Å². The summed E-state index contributed by atoms with van der Waals surface area (Å²) >= 11 is -3.06. The zero-order chi connectivity index (χ0) is 8.08. The first-order valence-corrected chi connectivity index (χ1v) is 13.2. The molecule has 0 aliphatic heterocycles. The molecule has 0 aromatic heterocycles. The normalized spacial score (nSPS) is 12.4. The Labute approximate surface area is 74.1 Å². The predicted molar refractivity (Wildman–Crippen MR) is 40.8 cm³/mol. The van der Waals surface area contributed by atoms with E-state index in [4.69, 9.17) is 42.8 Å². The summed E-state index contributed by atoms with van der Waals surface area (Å²) < 4.78 is 0. The van der Waals surface area contributed by atoms with Gasteiger partial charge in [-0.2, -0.15) is 0 Å². The van der Waals surface area contributed by atoms with Crippen molar-refractivity contribution in [2.24, 2.45) is 0 Å². The molecule has 0 aliphatic rings. The summed E-state index contributed by atoms with van der Waals surface area (Å²) in [5, 5.41) is 8.06. The molecule has 0 aliphatic carbocycles. The molecule has 1 nitrogen and oxygen atoms in total. The molecule has 0 saturated heterocycles. The SMILES string of the molecule is CC(C)O.[Cl][Pt]([Cl])([Cl])[Cl]. The van der Waals surface area contributed by atoms with Crippen molar-refractivity contribution in [1.82, 2.24) is 0 Å². The van der Waals surface area contributed by atoms with Gasteiger partial charge in [-0.1, -0.05) is 0 Å². The van der Waals surface area contributed by atoms with Crippen LogP contribution in [0.5, 0.6) is 0 Å². The van der Waals surface area contributed by atoms with Crippen molar-refractivity contribution in [2.75, 3.05) is 0 Å². The minimum absolute atomic E-state index is 0.167. The zero-order valence-electron chi connectivity index (χ0n) is 4.85. The number of aliphatic hydroxyl groups is 1. The van der Waals surface area contributed by atoms with Crippen LogP contribution in [-0.4, -0.2) is 11.2 Å². The minimum atomic E-state index is -3.06. The molecule has 1 N–H and O–H groups in total. The molecular formula is C3H8Cl4OPt. The Morgan fingerprint density at radius 3 is 1.11 bits per heavy atom. The van der Waals surface area contributed by atoms with Crippen LogP contribution < -0.4 is 0 Å². The first-order chi connectivity index (χ1) is 3.73. The van der Waals surface area contributed by atoms with Gasteiger partial charge in [0.25, 0.3) is 0 Å². The standard InChI is InChI=1S/C3H8O.4ClH.Pt/c1-3(2)4;;;;;/h3-4H,1-2H3;4*1H;/q;;;;;+4/p-4. The van der Waals surface area contributed by atoms with Gasteiger partial charge in [-0.3, -0.25) is 0 Å². The van der Waals surface area contributed by atoms with E-state index in [1.165, 1.54) is 0 Å². The summed E-state index contributed by atoms with van der Waals surface area (Å²) in [6, 6.07) is 0. The first kappa shape index (κ1) is 13.4. The Kier molecular flexibility index (Phi) is 9.70. The van der Waals surface area contributed by atoms with Gasteiger partial charge in [0.15, 0.2) is 0 Å². The number of aliphatic hydroxyl groups excluding tert-OH is 1. The Morgan fingerprint density at radius 1 is 1.11 bits per heavy atom. The molecule has 0 aromatic carbocycles. The van der Waals surface area contributed by atoms with Crippen molar-refractivity contribution >= 4 is 37.7 Å². The van der Waals surface area contributed by atoms with Gasteiger partial charge in [-0.05, 0) is 13.8 Å². The van der Waals surface area contributed by atoms with E-state index >= 15 is 0 Å². The van der Waals surface area contributed by atoms with Crippen LogP contribution >= 0.6 is 37.7 Å². The molecule has 0 aromatic rings. The van der Waals surface area contributed by atoms with Crippen molar-refractivity contribution in [1.29, 1.82) is 0 Å².